The van der Waals surface area contributed by atoms with E-state index < -0.39 is 0 Å². The number of aromatic nitrogens is 2. The summed E-state index contributed by atoms with van der Waals surface area (Å²) in [4.78, 5) is 31.2. The van der Waals surface area contributed by atoms with Gasteiger partial charge in [-0.05, 0) is 50.7 Å². The number of carbonyl (C=O) groups is 2. The zero-order chi connectivity index (χ0) is 20.4. The number of nitrogens with zero attached hydrogens (tertiary/aromatic N) is 3. The van der Waals surface area contributed by atoms with E-state index in [1.807, 2.05) is 25.1 Å². The highest BCUT2D eigenvalue weighted by Crippen LogP contribution is 2.39. The first-order valence-corrected chi connectivity index (χ1v) is 10.2. The maximum Gasteiger partial charge on any atom is 0.290 e. The Hall–Kier alpha value is -2.90. The molecule has 2 N–H and O–H groups in total. The smallest absolute Gasteiger partial charge is 0.290 e. The van der Waals surface area contributed by atoms with Crippen LogP contribution in [0.3, 0.4) is 0 Å². The van der Waals surface area contributed by atoms with Crippen LogP contribution in [-0.4, -0.2) is 48.1 Å². The molecule has 2 atom stereocenters. The highest BCUT2D eigenvalue weighted by atomic mass is 16.5. The van der Waals surface area contributed by atoms with Crippen LogP contribution in [0.5, 0.6) is 0 Å². The van der Waals surface area contributed by atoms with Crippen molar-refractivity contribution in [1.29, 1.82) is 0 Å². The summed E-state index contributed by atoms with van der Waals surface area (Å²) in [6, 6.07) is 5.38. The Bertz CT molecular complexity index is 873. The van der Waals surface area contributed by atoms with Crippen molar-refractivity contribution in [2.45, 2.75) is 56.5 Å². The van der Waals surface area contributed by atoms with Crippen molar-refractivity contribution >= 4 is 17.6 Å². The summed E-state index contributed by atoms with van der Waals surface area (Å²) in [5.41, 5.74) is 1.41. The van der Waals surface area contributed by atoms with Gasteiger partial charge in [-0.3, -0.25) is 9.59 Å². The Balaban J connectivity index is 1.30. The molecular formula is C21H27N5O3. The van der Waals surface area contributed by atoms with Gasteiger partial charge in [0.25, 0.3) is 11.8 Å². The molecule has 0 spiro atoms. The second-order valence-electron chi connectivity index (χ2n) is 8.20. The summed E-state index contributed by atoms with van der Waals surface area (Å²) in [5.74, 6) is 1.16. The van der Waals surface area contributed by atoms with E-state index in [4.69, 9.17) is 4.52 Å². The lowest BCUT2D eigenvalue weighted by atomic mass is 9.90. The molecule has 2 saturated carbocycles. The normalized spacial score (nSPS) is 21.4. The molecule has 2 aliphatic rings. The lowest BCUT2D eigenvalue weighted by Crippen LogP contribution is -2.45. The predicted octanol–water partition coefficient (Wildman–Crippen LogP) is 2.48. The van der Waals surface area contributed by atoms with Crippen molar-refractivity contribution in [3.8, 4) is 0 Å². The van der Waals surface area contributed by atoms with Gasteiger partial charge in [0.15, 0.2) is 0 Å². The summed E-state index contributed by atoms with van der Waals surface area (Å²) in [5, 5.41) is 10.1. The second-order valence-corrected chi connectivity index (χ2v) is 8.20. The molecule has 0 aliphatic heterocycles. The Morgan fingerprint density at radius 2 is 1.79 bits per heavy atom. The number of anilines is 1. The molecule has 2 aromatic heterocycles. The summed E-state index contributed by atoms with van der Waals surface area (Å²) >= 11 is 0. The van der Waals surface area contributed by atoms with E-state index in [2.05, 4.69) is 20.8 Å². The highest BCUT2D eigenvalue weighted by molar-refractivity contribution is 5.94. The molecule has 0 aromatic carbocycles. The molecule has 2 aliphatic carbocycles. The fourth-order valence-electron chi connectivity index (χ4n) is 3.73. The zero-order valence-electron chi connectivity index (χ0n) is 16.9. The van der Waals surface area contributed by atoms with Crippen LogP contribution in [0.25, 0.3) is 0 Å². The predicted molar refractivity (Wildman–Crippen MR) is 108 cm³/mol. The first-order valence-electron chi connectivity index (χ1n) is 10.2. The van der Waals surface area contributed by atoms with Gasteiger partial charge >= 0.3 is 0 Å². The Morgan fingerprint density at radius 3 is 2.41 bits per heavy atom. The molecule has 2 fully saturated rings. The average Bonchev–Trinajstić information content (AvgIpc) is 3.44. The molecule has 2 amide bonds. The highest BCUT2D eigenvalue weighted by Gasteiger charge is 2.30. The first-order chi connectivity index (χ1) is 14.0. The van der Waals surface area contributed by atoms with Crippen LogP contribution in [0.15, 0.2) is 28.9 Å². The topological polar surface area (TPSA) is 100 Å². The first kappa shape index (κ1) is 19.4. The van der Waals surface area contributed by atoms with Crippen molar-refractivity contribution in [3.63, 3.8) is 0 Å². The summed E-state index contributed by atoms with van der Waals surface area (Å²) in [7, 11) is 3.81. The van der Waals surface area contributed by atoms with Crippen LogP contribution in [0.2, 0.25) is 0 Å². The molecule has 8 nitrogen and oxygen atoms in total. The van der Waals surface area contributed by atoms with Crippen LogP contribution < -0.4 is 15.5 Å². The fourth-order valence-corrected chi connectivity index (χ4v) is 3.73. The van der Waals surface area contributed by atoms with Crippen molar-refractivity contribution in [1.82, 2.24) is 20.8 Å². The van der Waals surface area contributed by atoms with Crippen molar-refractivity contribution in [2.75, 3.05) is 19.0 Å². The molecule has 0 saturated heterocycles. The van der Waals surface area contributed by atoms with E-state index in [0.717, 1.165) is 43.6 Å². The maximum absolute atomic E-state index is 12.5. The second kappa shape index (κ2) is 8.23. The van der Waals surface area contributed by atoms with Gasteiger partial charge in [-0.15, -0.1) is 0 Å². The van der Waals surface area contributed by atoms with Crippen LogP contribution in [-0.2, 0) is 0 Å². The van der Waals surface area contributed by atoms with Gasteiger partial charge in [0.1, 0.15) is 5.82 Å². The molecule has 8 heteroatoms. The van der Waals surface area contributed by atoms with Gasteiger partial charge in [-0.25, -0.2) is 4.98 Å². The van der Waals surface area contributed by atoms with E-state index >= 15 is 0 Å². The molecular weight excluding hydrogens is 370 g/mol. The summed E-state index contributed by atoms with van der Waals surface area (Å²) in [6.45, 7) is 0. The Morgan fingerprint density at radius 1 is 1.07 bits per heavy atom. The van der Waals surface area contributed by atoms with Crippen molar-refractivity contribution in [2.24, 2.45) is 0 Å². The monoisotopic (exact) mass is 397 g/mol. The number of carbonyl (C=O) groups excluding carboxylic acids is 2. The standard InChI is InChI=1S/C21H27N5O3/c1-26(2)19-9-8-14(12-22-19)20(27)23-15-4-3-5-16(10-15)24-21(28)18-11-17(25-29-18)13-6-7-13/h8-9,11-13,15-16H,3-7,10H2,1-2H3,(H,23,27)(H,24,28)/t15-,16-/m1/s1. The third-order valence-electron chi connectivity index (χ3n) is 5.56. The maximum atomic E-state index is 12.5. The van der Waals surface area contributed by atoms with Crippen molar-refractivity contribution < 1.29 is 14.1 Å². The number of amides is 2. The van der Waals surface area contributed by atoms with E-state index in [0.29, 0.717) is 17.9 Å². The lowest BCUT2D eigenvalue weighted by Gasteiger charge is -2.30. The van der Waals surface area contributed by atoms with Crippen molar-refractivity contribution in [3.05, 3.63) is 41.4 Å². The van der Waals surface area contributed by atoms with Crippen LogP contribution in [0, 0.1) is 0 Å². The Kier molecular flexibility index (Phi) is 5.51. The number of pyridine rings is 1. The molecule has 2 aromatic rings. The van der Waals surface area contributed by atoms with E-state index in [-0.39, 0.29) is 29.7 Å². The third-order valence-corrected chi connectivity index (χ3v) is 5.56. The zero-order valence-corrected chi connectivity index (χ0v) is 16.9. The fraction of sp³-hybridized carbons (Fsp3) is 0.524. The van der Waals surface area contributed by atoms with Crippen LogP contribution in [0.4, 0.5) is 5.82 Å². The average molecular weight is 397 g/mol. The Labute approximate surface area is 170 Å². The minimum Gasteiger partial charge on any atom is -0.363 e. The number of rotatable bonds is 6. The van der Waals surface area contributed by atoms with Gasteiger partial charge in [-0.1, -0.05) is 5.16 Å². The van der Waals surface area contributed by atoms with E-state index in [9.17, 15) is 9.59 Å². The van der Waals surface area contributed by atoms with Crippen LogP contribution in [0.1, 0.15) is 71.0 Å². The quantitative estimate of drug-likeness (QED) is 0.777. The number of hydrogen-bond donors (Lipinski definition) is 2. The minimum absolute atomic E-state index is 0.00488. The third kappa shape index (κ3) is 4.75. The number of hydrogen-bond acceptors (Lipinski definition) is 6. The largest absolute Gasteiger partial charge is 0.363 e. The summed E-state index contributed by atoms with van der Waals surface area (Å²) in [6.07, 6.45) is 7.25. The SMILES string of the molecule is CN(C)c1ccc(C(=O)N[C@@H]2CCC[C@@H](NC(=O)c3cc(C4CC4)no3)C2)cn1. The molecule has 4 rings (SSSR count). The van der Waals surface area contributed by atoms with Crippen LogP contribution >= 0.6 is 0 Å². The molecule has 0 radical (unpaired) electrons. The van der Waals surface area contributed by atoms with Gasteiger partial charge in [-0.2, -0.15) is 0 Å². The van der Waals surface area contributed by atoms with Gasteiger partial charge in [0.2, 0.25) is 5.76 Å². The molecule has 0 unspecified atom stereocenters. The van der Waals surface area contributed by atoms with Gasteiger partial charge < -0.3 is 20.1 Å². The lowest BCUT2D eigenvalue weighted by molar-refractivity contribution is 0.0876. The van der Waals surface area contributed by atoms with Gasteiger partial charge in [0, 0.05) is 44.4 Å². The number of nitrogens with one attached hydrogen (secondary N) is 2. The molecule has 29 heavy (non-hydrogen) atoms. The molecule has 0 bridgehead atoms. The van der Waals surface area contributed by atoms with Gasteiger partial charge in [0.05, 0.1) is 11.3 Å². The molecule has 2 heterocycles. The minimum atomic E-state index is -0.232. The van der Waals surface area contributed by atoms with E-state index in [1.54, 1.807) is 18.3 Å². The van der Waals surface area contributed by atoms with E-state index in [1.165, 1.54) is 0 Å². The summed E-state index contributed by atoms with van der Waals surface area (Å²) < 4.78 is 5.20. The molecule has 154 valence electrons.